The molecule has 0 aliphatic rings. The number of nitrogens with one attached hydrogen (secondary N) is 1. The van der Waals surface area contributed by atoms with E-state index in [1.165, 1.54) is 12.1 Å². The number of ether oxygens (including phenoxy) is 1. The Labute approximate surface area is 110 Å². The fourth-order valence-corrected chi connectivity index (χ4v) is 1.66. The lowest BCUT2D eigenvalue weighted by atomic mass is 10.1. The maximum Gasteiger partial charge on any atom is 0.265 e. The molecule has 3 N–H and O–H groups in total. The fraction of sp³-hybridized carbons (Fsp3) is 0.0714. The van der Waals surface area contributed by atoms with Gasteiger partial charge in [-0.15, -0.1) is 0 Å². The molecule has 0 unspecified atom stereocenters. The molecule has 5 heteroatoms. The van der Waals surface area contributed by atoms with Crippen LogP contribution in [0.25, 0.3) is 0 Å². The van der Waals surface area contributed by atoms with E-state index >= 15 is 0 Å². The molecule has 4 nitrogen and oxygen atoms in total. The zero-order valence-corrected chi connectivity index (χ0v) is 10.1. The number of nitrogens with two attached hydrogens (primary N) is 1. The molecule has 2 aromatic carbocycles. The Morgan fingerprint density at radius 3 is 2.74 bits per heavy atom. The van der Waals surface area contributed by atoms with Gasteiger partial charge in [-0.2, -0.15) is 0 Å². The number of carbonyl (C=O) groups is 1. The van der Waals surface area contributed by atoms with Crippen molar-refractivity contribution in [3.63, 3.8) is 0 Å². The summed E-state index contributed by atoms with van der Waals surface area (Å²) in [5.41, 5.74) is 3.18. The molecular formula is C14H13FN2O2. The van der Waals surface area contributed by atoms with Gasteiger partial charge >= 0.3 is 0 Å². The third-order valence-corrected chi connectivity index (χ3v) is 2.58. The monoisotopic (exact) mass is 260 g/mol. The van der Waals surface area contributed by atoms with Crippen LogP contribution < -0.4 is 16.0 Å². The molecular weight excluding hydrogens is 247 g/mol. The standard InChI is InChI=1S/C14H13FN2O2/c15-11-5-3-6-12(8-11)19-9-10-4-1-2-7-13(10)14(18)17-16/h1-8H,9,16H2,(H,17,18). The number of amides is 1. The molecule has 0 aromatic heterocycles. The molecule has 0 saturated heterocycles. The first-order valence-corrected chi connectivity index (χ1v) is 5.68. The maximum atomic E-state index is 13.0. The zero-order valence-electron chi connectivity index (χ0n) is 10.1. The molecule has 1 amide bonds. The van der Waals surface area contributed by atoms with Crippen LogP contribution in [0.4, 0.5) is 4.39 Å². The lowest BCUT2D eigenvalue weighted by Gasteiger charge is -2.10. The highest BCUT2D eigenvalue weighted by atomic mass is 19.1. The van der Waals surface area contributed by atoms with Crippen molar-refractivity contribution in [3.8, 4) is 5.75 Å². The summed E-state index contributed by atoms with van der Waals surface area (Å²) in [5, 5.41) is 0. The van der Waals surface area contributed by atoms with Crippen LogP contribution in [-0.4, -0.2) is 5.91 Å². The first-order valence-electron chi connectivity index (χ1n) is 5.68. The smallest absolute Gasteiger partial charge is 0.265 e. The number of rotatable bonds is 4. The van der Waals surface area contributed by atoms with Crippen LogP contribution in [0.2, 0.25) is 0 Å². The van der Waals surface area contributed by atoms with E-state index < -0.39 is 5.91 Å². The highest BCUT2D eigenvalue weighted by molar-refractivity contribution is 5.95. The largest absolute Gasteiger partial charge is 0.489 e. The zero-order chi connectivity index (χ0) is 13.7. The number of nitrogen functional groups attached to an aromatic ring is 1. The quantitative estimate of drug-likeness (QED) is 0.502. The Morgan fingerprint density at radius 1 is 1.21 bits per heavy atom. The minimum absolute atomic E-state index is 0.160. The lowest BCUT2D eigenvalue weighted by molar-refractivity contribution is 0.0951. The number of hydrogen-bond acceptors (Lipinski definition) is 3. The van der Waals surface area contributed by atoms with Gasteiger partial charge in [-0.1, -0.05) is 24.3 Å². The predicted octanol–water partition coefficient (Wildman–Crippen LogP) is 2.01. The van der Waals surface area contributed by atoms with Crippen molar-refractivity contribution >= 4 is 5.91 Å². The average Bonchev–Trinajstić information content (AvgIpc) is 2.45. The fourth-order valence-electron chi connectivity index (χ4n) is 1.66. The van der Waals surface area contributed by atoms with Crippen LogP contribution in [0.5, 0.6) is 5.75 Å². The van der Waals surface area contributed by atoms with Gasteiger partial charge in [0.05, 0.1) is 0 Å². The number of hydrogen-bond donors (Lipinski definition) is 2. The highest BCUT2D eigenvalue weighted by Gasteiger charge is 2.09. The first-order chi connectivity index (χ1) is 9.20. The van der Waals surface area contributed by atoms with E-state index in [2.05, 4.69) is 5.43 Å². The molecule has 0 fully saturated rings. The van der Waals surface area contributed by atoms with E-state index in [1.54, 1.807) is 36.4 Å². The second-order valence-electron chi connectivity index (χ2n) is 3.88. The van der Waals surface area contributed by atoms with Crippen LogP contribution in [-0.2, 0) is 6.61 Å². The van der Waals surface area contributed by atoms with Gasteiger partial charge in [-0.25, -0.2) is 10.2 Å². The minimum atomic E-state index is -0.390. The molecule has 2 aromatic rings. The second-order valence-corrected chi connectivity index (χ2v) is 3.88. The number of halogens is 1. The first kappa shape index (κ1) is 13.0. The molecule has 0 spiro atoms. The summed E-state index contributed by atoms with van der Waals surface area (Å²) in [6.07, 6.45) is 0. The molecule has 0 bridgehead atoms. The van der Waals surface area contributed by atoms with Crippen molar-refractivity contribution in [3.05, 3.63) is 65.5 Å². The SMILES string of the molecule is NNC(=O)c1ccccc1COc1cccc(F)c1. The second kappa shape index (κ2) is 5.97. The maximum absolute atomic E-state index is 13.0. The van der Waals surface area contributed by atoms with Gasteiger partial charge in [0.25, 0.3) is 5.91 Å². The summed E-state index contributed by atoms with van der Waals surface area (Å²) in [4.78, 5) is 11.5. The Bertz CT molecular complexity index is 587. The van der Waals surface area contributed by atoms with Gasteiger partial charge in [0.1, 0.15) is 18.2 Å². The number of benzene rings is 2. The van der Waals surface area contributed by atoms with Gasteiger partial charge in [0.2, 0.25) is 0 Å². The average molecular weight is 260 g/mol. The molecule has 0 aliphatic heterocycles. The Kier molecular flexibility index (Phi) is 4.10. The third-order valence-electron chi connectivity index (χ3n) is 2.58. The minimum Gasteiger partial charge on any atom is -0.489 e. The number of carbonyl (C=O) groups excluding carboxylic acids is 1. The molecule has 0 radical (unpaired) electrons. The van der Waals surface area contributed by atoms with Crippen LogP contribution in [0.1, 0.15) is 15.9 Å². The summed E-state index contributed by atoms with van der Waals surface area (Å²) >= 11 is 0. The lowest BCUT2D eigenvalue weighted by Crippen LogP contribution is -2.30. The molecule has 19 heavy (non-hydrogen) atoms. The summed E-state index contributed by atoms with van der Waals surface area (Å²) in [5.74, 6) is 4.76. The Morgan fingerprint density at radius 2 is 2.00 bits per heavy atom. The topological polar surface area (TPSA) is 64.3 Å². The predicted molar refractivity (Wildman–Crippen MR) is 68.8 cm³/mol. The molecule has 0 heterocycles. The van der Waals surface area contributed by atoms with Crippen molar-refractivity contribution < 1.29 is 13.9 Å². The highest BCUT2D eigenvalue weighted by Crippen LogP contribution is 2.16. The summed E-state index contributed by atoms with van der Waals surface area (Å²) < 4.78 is 18.4. The van der Waals surface area contributed by atoms with Gasteiger partial charge < -0.3 is 4.74 Å². The van der Waals surface area contributed by atoms with Crippen LogP contribution >= 0.6 is 0 Å². The van der Waals surface area contributed by atoms with Crippen LogP contribution in [0.15, 0.2) is 48.5 Å². The van der Waals surface area contributed by atoms with Gasteiger partial charge in [0, 0.05) is 17.2 Å². The Hall–Kier alpha value is -2.40. The van der Waals surface area contributed by atoms with E-state index in [1.807, 2.05) is 0 Å². The molecule has 98 valence electrons. The van der Waals surface area contributed by atoms with E-state index in [-0.39, 0.29) is 12.4 Å². The van der Waals surface area contributed by atoms with Crippen molar-refractivity contribution in [2.24, 2.45) is 5.84 Å². The van der Waals surface area contributed by atoms with E-state index in [4.69, 9.17) is 10.6 Å². The van der Waals surface area contributed by atoms with Crippen molar-refractivity contribution in [1.29, 1.82) is 0 Å². The van der Waals surface area contributed by atoms with Crippen molar-refractivity contribution in [2.75, 3.05) is 0 Å². The van der Waals surface area contributed by atoms with Crippen molar-refractivity contribution in [1.82, 2.24) is 5.43 Å². The summed E-state index contributed by atoms with van der Waals surface area (Å²) in [6, 6.07) is 12.7. The molecule has 0 saturated carbocycles. The number of hydrazine groups is 1. The van der Waals surface area contributed by atoms with Gasteiger partial charge in [-0.05, 0) is 18.2 Å². The van der Waals surface area contributed by atoms with Crippen LogP contribution in [0, 0.1) is 5.82 Å². The molecule has 2 rings (SSSR count). The summed E-state index contributed by atoms with van der Waals surface area (Å²) in [6.45, 7) is 0.160. The van der Waals surface area contributed by atoms with E-state index in [0.717, 1.165) is 0 Å². The van der Waals surface area contributed by atoms with E-state index in [0.29, 0.717) is 16.9 Å². The normalized spacial score (nSPS) is 10.0. The van der Waals surface area contributed by atoms with Gasteiger partial charge in [0.15, 0.2) is 0 Å². The third kappa shape index (κ3) is 3.29. The summed E-state index contributed by atoms with van der Waals surface area (Å²) in [7, 11) is 0. The van der Waals surface area contributed by atoms with E-state index in [9.17, 15) is 9.18 Å². The van der Waals surface area contributed by atoms with Crippen molar-refractivity contribution in [2.45, 2.75) is 6.61 Å². The van der Waals surface area contributed by atoms with Crippen LogP contribution in [0.3, 0.4) is 0 Å². The van der Waals surface area contributed by atoms with Gasteiger partial charge in [-0.3, -0.25) is 10.2 Å². The molecule has 0 atom stereocenters. The Balaban J connectivity index is 2.13. The molecule has 0 aliphatic carbocycles.